The van der Waals surface area contributed by atoms with E-state index in [1.165, 1.54) is 5.56 Å². The van der Waals surface area contributed by atoms with Crippen molar-refractivity contribution >= 4 is 5.82 Å². The van der Waals surface area contributed by atoms with E-state index in [1.807, 2.05) is 7.05 Å². The van der Waals surface area contributed by atoms with Crippen LogP contribution in [-0.4, -0.2) is 15.3 Å². The number of anilines is 1. The van der Waals surface area contributed by atoms with E-state index in [-0.39, 0.29) is 5.48 Å². The van der Waals surface area contributed by atoms with Crippen molar-refractivity contribution in [3.63, 3.8) is 0 Å². The molecule has 0 saturated heterocycles. The number of nitrogen functional groups attached to an aromatic ring is 1. The van der Waals surface area contributed by atoms with E-state index in [9.17, 15) is 0 Å². The van der Waals surface area contributed by atoms with Crippen LogP contribution in [0, 0.1) is 0 Å². The Balaban J connectivity index is 0.00000121. The fourth-order valence-corrected chi connectivity index (χ4v) is 1.31. The molecule has 0 saturated carbocycles. The van der Waals surface area contributed by atoms with Crippen LogP contribution in [0.25, 0.3) is 0 Å². The van der Waals surface area contributed by atoms with Crippen LogP contribution in [-0.2, 0) is 19.9 Å². The predicted molar refractivity (Wildman–Crippen MR) is 50.0 cm³/mol. The molecule has 4 nitrogen and oxygen atoms in total. The minimum absolute atomic E-state index is 0. The van der Waals surface area contributed by atoms with Gasteiger partial charge in [-0.05, 0) is 12.8 Å². The standard InChI is InChI=1S/C8H15N3.H2O/c1-4-6-7(5-2)10-11(3)8(6)9;/h4-5,9H2,1-3H3;1H2. The Morgan fingerprint density at radius 3 is 2.25 bits per heavy atom. The summed E-state index contributed by atoms with van der Waals surface area (Å²) < 4.78 is 1.75. The van der Waals surface area contributed by atoms with Gasteiger partial charge in [-0.3, -0.25) is 4.68 Å². The van der Waals surface area contributed by atoms with Gasteiger partial charge >= 0.3 is 0 Å². The molecule has 0 atom stereocenters. The topological polar surface area (TPSA) is 75.3 Å². The average Bonchev–Trinajstić information content (AvgIpc) is 2.28. The number of nitrogens with zero attached hydrogens (tertiary/aromatic N) is 2. The van der Waals surface area contributed by atoms with Gasteiger partial charge in [-0.1, -0.05) is 13.8 Å². The molecule has 0 fully saturated rings. The fraction of sp³-hybridized carbons (Fsp3) is 0.625. The summed E-state index contributed by atoms with van der Waals surface area (Å²) in [6.07, 6.45) is 1.94. The van der Waals surface area contributed by atoms with Gasteiger partial charge in [-0.15, -0.1) is 0 Å². The maximum absolute atomic E-state index is 5.79. The minimum Gasteiger partial charge on any atom is -0.412 e. The Hall–Kier alpha value is -1.03. The molecule has 0 aliphatic carbocycles. The molecule has 70 valence electrons. The molecule has 0 unspecified atom stereocenters. The van der Waals surface area contributed by atoms with E-state index in [1.54, 1.807) is 4.68 Å². The van der Waals surface area contributed by atoms with Gasteiger partial charge in [0, 0.05) is 12.6 Å². The van der Waals surface area contributed by atoms with E-state index in [4.69, 9.17) is 5.73 Å². The minimum atomic E-state index is 0. The van der Waals surface area contributed by atoms with Crippen LogP contribution in [0.1, 0.15) is 25.1 Å². The zero-order chi connectivity index (χ0) is 8.43. The normalized spacial score (nSPS) is 9.58. The zero-order valence-corrected chi connectivity index (χ0v) is 7.89. The lowest BCUT2D eigenvalue weighted by Crippen LogP contribution is -1.98. The van der Waals surface area contributed by atoms with Crippen molar-refractivity contribution in [3.8, 4) is 0 Å². The summed E-state index contributed by atoms with van der Waals surface area (Å²) in [5.74, 6) is 0.810. The summed E-state index contributed by atoms with van der Waals surface area (Å²) in [6.45, 7) is 4.20. The van der Waals surface area contributed by atoms with E-state index in [0.29, 0.717) is 0 Å². The maximum Gasteiger partial charge on any atom is 0.124 e. The molecule has 12 heavy (non-hydrogen) atoms. The molecule has 1 heterocycles. The van der Waals surface area contributed by atoms with Crippen molar-refractivity contribution in [1.29, 1.82) is 0 Å². The van der Waals surface area contributed by atoms with Gasteiger partial charge in [0.15, 0.2) is 0 Å². The van der Waals surface area contributed by atoms with Gasteiger partial charge in [0.05, 0.1) is 5.69 Å². The van der Waals surface area contributed by atoms with Crippen LogP contribution in [0.15, 0.2) is 0 Å². The summed E-state index contributed by atoms with van der Waals surface area (Å²) in [4.78, 5) is 0. The van der Waals surface area contributed by atoms with Gasteiger partial charge in [-0.2, -0.15) is 5.10 Å². The molecular formula is C8H17N3O. The van der Waals surface area contributed by atoms with Gasteiger partial charge < -0.3 is 11.2 Å². The second-order valence-electron chi connectivity index (χ2n) is 2.64. The number of nitrogens with two attached hydrogens (primary N) is 1. The van der Waals surface area contributed by atoms with Crippen molar-refractivity contribution in [2.45, 2.75) is 26.7 Å². The molecule has 1 rings (SSSR count). The van der Waals surface area contributed by atoms with Crippen molar-refractivity contribution in [2.24, 2.45) is 7.05 Å². The Morgan fingerprint density at radius 1 is 1.33 bits per heavy atom. The summed E-state index contributed by atoms with van der Waals surface area (Å²) in [5, 5.41) is 4.29. The second kappa shape index (κ2) is 4.11. The number of aryl methyl sites for hydroxylation is 2. The zero-order valence-electron chi connectivity index (χ0n) is 7.89. The highest BCUT2D eigenvalue weighted by atomic mass is 16.0. The number of hydrogen-bond acceptors (Lipinski definition) is 2. The summed E-state index contributed by atoms with van der Waals surface area (Å²) in [7, 11) is 1.88. The molecular weight excluding hydrogens is 154 g/mol. The number of aromatic nitrogens is 2. The highest BCUT2D eigenvalue weighted by molar-refractivity contribution is 5.43. The third kappa shape index (κ3) is 1.58. The molecule has 0 bridgehead atoms. The Bertz CT molecular complexity index is 255. The first-order valence-corrected chi connectivity index (χ1v) is 4.00. The smallest absolute Gasteiger partial charge is 0.124 e. The van der Waals surface area contributed by atoms with Crippen LogP contribution in [0.3, 0.4) is 0 Å². The van der Waals surface area contributed by atoms with Gasteiger partial charge in [0.1, 0.15) is 5.82 Å². The van der Waals surface area contributed by atoms with E-state index >= 15 is 0 Å². The fourth-order valence-electron chi connectivity index (χ4n) is 1.31. The third-order valence-electron chi connectivity index (χ3n) is 1.97. The van der Waals surface area contributed by atoms with Crippen LogP contribution in [0.5, 0.6) is 0 Å². The Morgan fingerprint density at radius 2 is 1.92 bits per heavy atom. The first-order chi connectivity index (χ1) is 5.20. The number of rotatable bonds is 2. The van der Waals surface area contributed by atoms with Crippen molar-refractivity contribution in [1.82, 2.24) is 9.78 Å². The first kappa shape index (κ1) is 11.0. The second-order valence-corrected chi connectivity index (χ2v) is 2.64. The van der Waals surface area contributed by atoms with Crippen LogP contribution < -0.4 is 5.73 Å². The van der Waals surface area contributed by atoms with E-state index < -0.39 is 0 Å². The lowest BCUT2D eigenvalue weighted by molar-refractivity contribution is 0.755. The van der Waals surface area contributed by atoms with Crippen molar-refractivity contribution in [3.05, 3.63) is 11.3 Å². The van der Waals surface area contributed by atoms with Gasteiger partial charge in [0.2, 0.25) is 0 Å². The summed E-state index contributed by atoms with van der Waals surface area (Å²) >= 11 is 0. The van der Waals surface area contributed by atoms with E-state index in [2.05, 4.69) is 18.9 Å². The quantitative estimate of drug-likeness (QED) is 0.695. The van der Waals surface area contributed by atoms with E-state index in [0.717, 1.165) is 24.4 Å². The van der Waals surface area contributed by atoms with Crippen LogP contribution >= 0.6 is 0 Å². The highest BCUT2D eigenvalue weighted by Gasteiger charge is 2.08. The Labute approximate surface area is 72.7 Å². The van der Waals surface area contributed by atoms with Crippen molar-refractivity contribution < 1.29 is 5.48 Å². The summed E-state index contributed by atoms with van der Waals surface area (Å²) in [6, 6.07) is 0. The highest BCUT2D eigenvalue weighted by Crippen LogP contribution is 2.16. The molecule has 0 amide bonds. The largest absolute Gasteiger partial charge is 0.412 e. The molecule has 0 spiro atoms. The molecule has 1 aromatic heterocycles. The first-order valence-electron chi connectivity index (χ1n) is 4.00. The van der Waals surface area contributed by atoms with Gasteiger partial charge in [0.25, 0.3) is 0 Å². The third-order valence-corrected chi connectivity index (χ3v) is 1.97. The molecule has 0 aliphatic heterocycles. The van der Waals surface area contributed by atoms with Crippen LogP contribution in [0.2, 0.25) is 0 Å². The van der Waals surface area contributed by atoms with Crippen molar-refractivity contribution in [2.75, 3.05) is 5.73 Å². The Kier molecular flexibility index (Phi) is 3.76. The summed E-state index contributed by atoms with van der Waals surface area (Å²) in [5.41, 5.74) is 8.13. The number of hydrogen-bond donors (Lipinski definition) is 1. The monoisotopic (exact) mass is 171 g/mol. The SMILES string of the molecule is CCc1nn(C)c(N)c1CC.O. The molecule has 4 heteroatoms. The lowest BCUT2D eigenvalue weighted by atomic mass is 10.1. The molecule has 4 N–H and O–H groups in total. The van der Waals surface area contributed by atoms with Crippen LogP contribution in [0.4, 0.5) is 5.82 Å². The van der Waals surface area contributed by atoms with Gasteiger partial charge in [-0.25, -0.2) is 0 Å². The maximum atomic E-state index is 5.79. The molecule has 1 aromatic rings. The average molecular weight is 171 g/mol. The predicted octanol–water partition coefficient (Wildman–Crippen LogP) is 0.302. The molecule has 0 aromatic carbocycles. The lowest BCUT2D eigenvalue weighted by Gasteiger charge is -1.95. The molecule has 0 radical (unpaired) electrons. The molecule has 0 aliphatic rings.